The molecule has 3 aromatic carbocycles. The zero-order valence-corrected chi connectivity index (χ0v) is 23.9. The van der Waals surface area contributed by atoms with E-state index in [0.717, 1.165) is 26.6 Å². The van der Waals surface area contributed by atoms with Crippen molar-refractivity contribution in [3.05, 3.63) is 94.0 Å². The number of aryl methyl sites for hydroxylation is 3. The van der Waals surface area contributed by atoms with Crippen LogP contribution in [0.25, 0.3) is 0 Å². The van der Waals surface area contributed by atoms with Gasteiger partial charge in [0.1, 0.15) is 12.6 Å². The number of likely N-dealkylation sites (N-methyl/N-ethyl adjacent to an activating group) is 1. The quantitative estimate of drug-likeness (QED) is 0.381. The van der Waals surface area contributed by atoms with Gasteiger partial charge in [0, 0.05) is 18.1 Å². The molecule has 7 nitrogen and oxygen atoms in total. The van der Waals surface area contributed by atoms with E-state index in [9.17, 15) is 18.0 Å². The Morgan fingerprint density at radius 2 is 1.63 bits per heavy atom. The molecule has 0 aliphatic heterocycles. The van der Waals surface area contributed by atoms with Crippen LogP contribution in [0.2, 0.25) is 5.02 Å². The lowest BCUT2D eigenvalue weighted by Crippen LogP contribution is -2.51. The Balaban J connectivity index is 2.06. The molecule has 0 bridgehead atoms. The number of nitrogens with zero attached hydrogens (tertiary/aromatic N) is 2. The number of rotatable bonds is 10. The Labute approximate surface area is 230 Å². The molecule has 0 saturated heterocycles. The fraction of sp³-hybridized carbons (Fsp3) is 0.310. The molecule has 2 amide bonds. The van der Waals surface area contributed by atoms with Crippen molar-refractivity contribution in [1.29, 1.82) is 0 Å². The van der Waals surface area contributed by atoms with Gasteiger partial charge in [-0.25, -0.2) is 8.42 Å². The molecule has 0 aromatic heterocycles. The van der Waals surface area contributed by atoms with Crippen LogP contribution in [-0.2, 0) is 26.2 Å². The van der Waals surface area contributed by atoms with Crippen molar-refractivity contribution < 1.29 is 18.0 Å². The molecule has 0 heterocycles. The van der Waals surface area contributed by atoms with Gasteiger partial charge in [-0.15, -0.1) is 0 Å². The van der Waals surface area contributed by atoms with Crippen LogP contribution in [0.1, 0.15) is 36.1 Å². The first-order chi connectivity index (χ1) is 17.9. The van der Waals surface area contributed by atoms with Gasteiger partial charge in [0.2, 0.25) is 11.8 Å². The number of anilines is 1. The fourth-order valence-electron chi connectivity index (χ4n) is 4.06. The summed E-state index contributed by atoms with van der Waals surface area (Å²) in [5.74, 6) is -0.812. The van der Waals surface area contributed by atoms with Crippen molar-refractivity contribution in [3.63, 3.8) is 0 Å². The minimum atomic E-state index is -4.14. The molecular formula is C29H34ClN3O4S. The standard InChI is InChI=1S/C29H34ClN3O4S/c1-6-31-29(35)23(5)32(18-24-9-7-8-20(2)16-24)28(34)19-33(26-13-10-21(3)22(4)17-26)38(36,37)27-14-11-25(30)12-15-27/h7-17,23H,6,18-19H2,1-5H3,(H,31,35)/t23-/m1/s1. The number of carbonyl (C=O) groups is 2. The number of hydrogen-bond donors (Lipinski definition) is 1. The fourth-order valence-corrected chi connectivity index (χ4v) is 5.59. The number of halogens is 1. The summed E-state index contributed by atoms with van der Waals surface area (Å²) in [6.45, 7) is 9.29. The maximum atomic E-state index is 13.9. The second-order valence-corrected chi connectivity index (χ2v) is 11.6. The normalized spacial score (nSPS) is 12.1. The highest BCUT2D eigenvalue weighted by Crippen LogP contribution is 2.27. The minimum absolute atomic E-state index is 0.00920. The molecule has 1 N–H and O–H groups in total. The highest BCUT2D eigenvalue weighted by Gasteiger charge is 2.32. The van der Waals surface area contributed by atoms with Gasteiger partial charge in [-0.3, -0.25) is 13.9 Å². The summed E-state index contributed by atoms with van der Waals surface area (Å²) in [6, 6.07) is 17.9. The van der Waals surface area contributed by atoms with Crippen molar-refractivity contribution in [1.82, 2.24) is 10.2 Å². The molecule has 1 atom stereocenters. The number of carbonyl (C=O) groups excluding carboxylic acids is 2. The van der Waals surface area contributed by atoms with Gasteiger partial charge < -0.3 is 10.2 Å². The lowest BCUT2D eigenvalue weighted by atomic mass is 10.1. The van der Waals surface area contributed by atoms with Crippen LogP contribution < -0.4 is 9.62 Å². The van der Waals surface area contributed by atoms with Crippen LogP contribution in [0, 0.1) is 20.8 Å². The third kappa shape index (κ3) is 6.94. The largest absolute Gasteiger partial charge is 0.355 e. The molecule has 0 spiro atoms. The predicted octanol–water partition coefficient (Wildman–Crippen LogP) is 5.01. The van der Waals surface area contributed by atoms with Gasteiger partial charge in [-0.2, -0.15) is 0 Å². The number of hydrogen-bond acceptors (Lipinski definition) is 4. The van der Waals surface area contributed by atoms with E-state index in [-0.39, 0.29) is 17.3 Å². The summed E-state index contributed by atoms with van der Waals surface area (Å²) in [5, 5.41) is 3.16. The average molecular weight is 556 g/mol. The van der Waals surface area contributed by atoms with Gasteiger partial charge in [0.25, 0.3) is 10.0 Å². The summed E-state index contributed by atoms with van der Waals surface area (Å²) >= 11 is 5.99. The maximum Gasteiger partial charge on any atom is 0.264 e. The summed E-state index contributed by atoms with van der Waals surface area (Å²) in [4.78, 5) is 28.1. The van der Waals surface area contributed by atoms with E-state index in [0.29, 0.717) is 17.3 Å². The van der Waals surface area contributed by atoms with Gasteiger partial charge in [0.15, 0.2) is 0 Å². The van der Waals surface area contributed by atoms with Gasteiger partial charge in [0.05, 0.1) is 10.6 Å². The molecule has 0 fully saturated rings. The van der Waals surface area contributed by atoms with Crippen LogP contribution in [-0.4, -0.2) is 44.3 Å². The monoisotopic (exact) mass is 555 g/mol. The molecule has 0 aliphatic rings. The third-order valence-electron chi connectivity index (χ3n) is 6.41. The Kier molecular flexibility index (Phi) is 9.57. The minimum Gasteiger partial charge on any atom is -0.355 e. The zero-order valence-electron chi connectivity index (χ0n) is 22.4. The number of nitrogens with one attached hydrogen (secondary N) is 1. The van der Waals surface area contributed by atoms with E-state index in [1.807, 2.05) is 51.1 Å². The second-order valence-electron chi connectivity index (χ2n) is 9.32. The molecule has 202 valence electrons. The Morgan fingerprint density at radius 3 is 2.24 bits per heavy atom. The van der Waals surface area contributed by atoms with Crippen LogP contribution in [0.4, 0.5) is 5.69 Å². The molecule has 38 heavy (non-hydrogen) atoms. The molecule has 3 rings (SSSR count). The molecule has 3 aromatic rings. The van der Waals surface area contributed by atoms with Crippen molar-refractivity contribution in [3.8, 4) is 0 Å². The Bertz CT molecular complexity index is 1410. The van der Waals surface area contributed by atoms with Crippen molar-refractivity contribution in [2.75, 3.05) is 17.4 Å². The zero-order chi connectivity index (χ0) is 28.0. The number of benzene rings is 3. The van der Waals surface area contributed by atoms with Crippen LogP contribution in [0.3, 0.4) is 0 Å². The highest BCUT2D eigenvalue weighted by molar-refractivity contribution is 7.92. The summed E-state index contributed by atoms with van der Waals surface area (Å²) in [5.41, 5.74) is 4.10. The molecular weight excluding hydrogens is 522 g/mol. The summed E-state index contributed by atoms with van der Waals surface area (Å²) in [6.07, 6.45) is 0. The first-order valence-corrected chi connectivity index (χ1v) is 14.2. The van der Waals surface area contributed by atoms with Crippen LogP contribution in [0.5, 0.6) is 0 Å². The van der Waals surface area contributed by atoms with E-state index < -0.39 is 28.5 Å². The smallest absolute Gasteiger partial charge is 0.264 e. The maximum absolute atomic E-state index is 13.9. The molecule has 0 unspecified atom stereocenters. The van der Waals surface area contributed by atoms with Crippen LogP contribution in [0.15, 0.2) is 71.6 Å². The first kappa shape index (κ1) is 29.2. The Hall–Kier alpha value is -3.36. The predicted molar refractivity (Wildman–Crippen MR) is 152 cm³/mol. The summed E-state index contributed by atoms with van der Waals surface area (Å²) in [7, 11) is -4.14. The van der Waals surface area contributed by atoms with Crippen molar-refractivity contribution in [2.24, 2.45) is 0 Å². The van der Waals surface area contributed by atoms with E-state index >= 15 is 0 Å². The highest BCUT2D eigenvalue weighted by atomic mass is 35.5. The van der Waals surface area contributed by atoms with Gasteiger partial charge in [-0.05, 0) is 87.7 Å². The van der Waals surface area contributed by atoms with E-state index in [2.05, 4.69) is 5.32 Å². The lowest BCUT2D eigenvalue weighted by Gasteiger charge is -2.32. The van der Waals surface area contributed by atoms with Crippen molar-refractivity contribution >= 4 is 39.1 Å². The van der Waals surface area contributed by atoms with Gasteiger partial charge in [-0.1, -0.05) is 47.5 Å². The molecule has 0 aliphatic carbocycles. The lowest BCUT2D eigenvalue weighted by molar-refractivity contribution is -0.139. The second kappa shape index (κ2) is 12.5. The number of amides is 2. The number of sulfonamides is 1. The summed E-state index contributed by atoms with van der Waals surface area (Å²) < 4.78 is 28.8. The van der Waals surface area contributed by atoms with Crippen LogP contribution >= 0.6 is 11.6 Å². The first-order valence-electron chi connectivity index (χ1n) is 12.4. The molecule has 9 heteroatoms. The average Bonchev–Trinajstić information content (AvgIpc) is 2.87. The molecule has 0 radical (unpaired) electrons. The Morgan fingerprint density at radius 1 is 0.947 bits per heavy atom. The van der Waals surface area contributed by atoms with Gasteiger partial charge >= 0.3 is 0 Å². The molecule has 0 saturated carbocycles. The van der Waals surface area contributed by atoms with E-state index in [1.54, 1.807) is 26.0 Å². The van der Waals surface area contributed by atoms with Crippen molar-refractivity contribution in [2.45, 2.75) is 52.1 Å². The third-order valence-corrected chi connectivity index (χ3v) is 8.45. The SMILES string of the molecule is CCNC(=O)[C@@H](C)N(Cc1cccc(C)c1)C(=O)CN(c1ccc(C)c(C)c1)S(=O)(=O)c1ccc(Cl)cc1. The topological polar surface area (TPSA) is 86.8 Å². The van der Waals surface area contributed by atoms with E-state index in [1.165, 1.54) is 29.2 Å². The van der Waals surface area contributed by atoms with E-state index in [4.69, 9.17) is 11.6 Å².